The zero-order valence-electron chi connectivity index (χ0n) is 9.85. The zero-order chi connectivity index (χ0) is 11.9. The molecule has 0 unspecified atom stereocenters. The van der Waals surface area contributed by atoms with Crippen LogP contribution in [0.3, 0.4) is 0 Å². The van der Waals surface area contributed by atoms with Crippen molar-refractivity contribution in [2.45, 2.75) is 6.04 Å². The van der Waals surface area contributed by atoms with Gasteiger partial charge < -0.3 is 14.5 Å². The van der Waals surface area contributed by atoms with Crippen LogP contribution in [0.5, 0.6) is 0 Å². The van der Waals surface area contributed by atoms with Gasteiger partial charge in [-0.1, -0.05) is 18.2 Å². The van der Waals surface area contributed by atoms with Crippen LogP contribution in [0.4, 0.5) is 5.69 Å². The molecule has 0 spiro atoms. The van der Waals surface area contributed by atoms with Crippen molar-refractivity contribution in [1.29, 1.82) is 0 Å². The molecule has 3 aromatic rings. The second kappa shape index (κ2) is 3.75. The minimum absolute atomic E-state index is 0.445. The van der Waals surface area contributed by atoms with E-state index < -0.39 is 0 Å². The highest BCUT2D eigenvalue weighted by Gasteiger charge is 2.18. The van der Waals surface area contributed by atoms with Gasteiger partial charge >= 0.3 is 0 Å². The lowest BCUT2D eigenvalue weighted by Gasteiger charge is -2.27. The Labute approximate surface area is 104 Å². The highest BCUT2D eigenvalue weighted by atomic mass is 16.5. The van der Waals surface area contributed by atoms with E-state index in [1.54, 1.807) is 0 Å². The van der Waals surface area contributed by atoms with Gasteiger partial charge in [-0.2, -0.15) is 0 Å². The maximum absolute atomic E-state index is 5.80. The highest BCUT2D eigenvalue weighted by Crippen LogP contribution is 2.30. The molecule has 2 heterocycles. The second-order valence-electron chi connectivity index (χ2n) is 4.69. The van der Waals surface area contributed by atoms with E-state index in [0.29, 0.717) is 6.04 Å². The van der Waals surface area contributed by atoms with Gasteiger partial charge in [0.1, 0.15) is 11.2 Å². The molecule has 0 saturated carbocycles. The van der Waals surface area contributed by atoms with Crippen molar-refractivity contribution in [3.05, 3.63) is 42.5 Å². The molecule has 1 saturated heterocycles. The van der Waals surface area contributed by atoms with E-state index >= 15 is 0 Å². The van der Waals surface area contributed by atoms with Crippen LogP contribution in [0, 0.1) is 0 Å². The summed E-state index contributed by atoms with van der Waals surface area (Å²) in [5, 5.41) is 5.79. The summed E-state index contributed by atoms with van der Waals surface area (Å²) in [5.74, 6) is 0. The lowest BCUT2D eigenvalue weighted by molar-refractivity contribution is 0.0211. The van der Waals surface area contributed by atoms with E-state index in [2.05, 4.69) is 23.5 Å². The van der Waals surface area contributed by atoms with Crippen LogP contribution < -0.4 is 5.32 Å². The van der Waals surface area contributed by atoms with Gasteiger partial charge in [0.15, 0.2) is 0 Å². The molecule has 0 radical (unpaired) electrons. The molecule has 1 aliphatic rings. The number of hydrogen-bond donors (Lipinski definition) is 1. The molecule has 0 atom stereocenters. The van der Waals surface area contributed by atoms with Gasteiger partial charge in [-0.3, -0.25) is 0 Å². The summed E-state index contributed by atoms with van der Waals surface area (Å²) < 4.78 is 11.0. The Morgan fingerprint density at radius 3 is 2.61 bits per heavy atom. The van der Waals surface area contributed by atoms with Crippen LogP contribution in [-0.4, -0.2) is 19.3 Å². The molecule has 1 aromatic heterocycles. The van der Waals surface area contributed by atoms with Crippen LogP contribution in [-0.2, 0) is 4.74 Å². The Hall–Kier alpha value is -2.00. The molecule has 4 rings (SSSR count). The first-order valence-corrected chi connectivity index (χ1v) is 6.16. The third-order valence-electron chi connectivity index (χ3n) is 3.39. The Bertz CT molecular complexity index is 713. The molecule has 1 fully saturated rings. The van der Waals surface area contributed by atoms with E-state index in [9.17, 15) is 0 Å². The summed E-state index contributed by atoms with van der Waals surface area (Å²) in [4.78, 5) is 0. The summed E-state index contributed by atoms with van der Waals surface area (Å²) in [6.45, 7) is 1.59. The quantitative estimate of drug-likeness (QED) is 0.744. The van der Waals surface area contributed by atoms with Crippen molar-refractivity contribution in [1.82, 2.24) is 0 Å². The third-order valence-corrected chi connectivity index (χ3v) is 3.39. The molecule has 2 aromatic carbocycles. The van der Waals surface area contributed by atoms with Gasteiger partial charge in [-0.15, -0.1) is 0 Å². The van der Waals surface area contributed by atoms with Gasteiger partial charge in [-0.25, -0.2) is 0 Å². The molecular weight excluding hydrogens is 226 g/mol. The maximum atomic E-state index is 5.80. The van der Waals surface area contributed by atoms with Crippen molar-refractivity contribution in [2.75, 3.05) is 18.5 Å². The first kappa shape index (κ1) is 9.97. The van der Waals surface area contributed by atoms with Crippen molar-refractivity contribution < 1.29 is 9.15 Å². The van der Waals surface area contributed by atoms with E-state index in [0.717, 1.165) is 35.5 Å². The van der Waals surface area contributed by atoms with Crippen molar-refractivity contribution in [3.63, 3.8) is 0 Å². The Morgan fingerprint density at radius 2 is 1.78 bits per heavy atom. The molecule has 3 heteroatoms. The summed E-state index contributed by atoms with van der Waals surface area (Å²) in [5.41, 5.74) is 3.01. The number of nitrogens with one attached hydrogen (secondary N) is 1. The SMILES string of the molecule is c1ccc2c(c1)oc1ccc(NC3COC3)cc12. The van der Waals surface area contributed by atoms with Crippen LogP contribution in [0.25, 0.3) is 21.9 Å². The van der Waals surface area contributed by atoms with Crippen LogP contribution in [0.15, 0.2) is 46.9 Å². The van der Waals surface area contributed by atoms with Crippen molar-refractivity contribution in [2.24, 2.45) is 0 Å². The summed E-state index contributed by atoms with van der Waals surface area (Å²) >= 11 is 0. The molecule has 0 amide bonds. The number of ether oxygens (including phenoxy) is 1. The maximum Gasteiger partial charge on any atom is 0.135 e. The minimum atomic E-state index is 0.445. The minimum Gasteiger partial charge on any atom is -0.456 e. The average Bonchev–Trinajstić information content (AvgIpc) is 2.72. The average molecular weight is 239 g/mol. The fourth-order valence-electron chi connectivity index (χ4n) is 2.37. The van der Waals surface area contributed by atoms with Crippen LogP contribution in [0.1, 0.15) is 0 Å². The number of anilines is 1. The predicted octanol–water partition coefficient (Wildman–Crippen LogP) is 3.40. The Balaban J connectivity index is 1.84. The first-order chi connectivity index (χ1) is 8.90. The molecular formula is C15H13NO2. The molecule has 0 bridgehead atoms. The number of fused-ring (bicyclic) bond motifs is 3. The van der Waals surface area contributed by atoms with Gasteiger partial charge in [0, 0.05) is 16.5 Å². The monoisotopic (exact) mass is 239 g/mol. The highest BCUT2D eigenvalue weighted by molar-refractivity contribution is 6.05. The van der Waals surface area contributed by atoms with Gasteiger partial charge in [0.2, 0.25) is 0 Å². The first-order valence-electron chi connectivity index (χ1n) is 6.16. The number of benzene rings is 2. The molecule has 18 heavy (non-hydrogen) atoms. The van der Waals surface area contributed by atoms with Crippen LogP contribution in [0.2, 0.25) is 0 Å². The van der Waals surface area contributed by atoms with E-state index in [4.69, 9.17) is 9.15 Å². The predicted molar refractivity (Wildman–Crippen MR) is 71.9 cm³/mol. The van der Waals surface area contributed by atoms with Crippen molar-refractivity contribution >= 4 is 27.6 Å². The van der Waals surface area contributed by atoms with Gasteiger partial charge in [0.25, 0.3) is 0 Å². The summed E-state index contributed by atoms with van der Waals surface area (Å²) in [7, 11) is 0. The van der Waals surface area contributed by atoms with E-state index in [-0.39, 0.29) is 0 Å². The molecule has 1 aliphatic heterocycles. The standard InChI is InChI=1S/C15H13NO2/c1-2-4-14-12(3-1)13-7-10(5-6-15(13)18-14)16-11-8-17-9-11/h1-7,11,16H,8-9H2. The third kappa shape index (κ3) is 1.48. The molecule has 0 aliphatic carbocycles. The Morgan fingerprint density at radius 1 is 0.944 bits per heavy atom. The second-order valence-corrected chi connectivity index (χ2v) is 4.69. The number of para-hydroxylation sites is 1. The molecule has 90 valence electrons. The van der Waals surface area contributed by atoms with Gasteiger partial charge in [-0.05, 0) is 24.3 Å². The lowest BCUT2D eigenvalue weighted by atomic mass is 10.1. The molecule has 1 N–H and O–H groups in total. The Kier molecular flexibility index (Phi) is 2.08. The number of furan rings is 1. The smallest absolute Gasteiger partial charge is 0.135 e. The summed E-state index contributed by atoms with van der Waals surface area (Å²) in [6.07, 6.45) is 0. The zero-order valence-corrected chi connectivity index (χ0v) is 9.85. The van der Waals surface area contributed by atoms with Gasteiger partial charge in [0.05, 0.1) is 19.3 Å². The fraction of sp³-hybridized carbons (Fsp3) is 0.200. The van der Waals surface area contributed by atoms with Crippen LogP contribution >= 0.6 is 0 Å². The number of hydrogen-bond acceptors (Lipinski definition) is 3. The fourth-order valence-corrected chi connectivity index (χ4v) is 2.37. The normalized spacial score (nSPS) is 16.0. The van der Waals surface area contributed by atoms with E-state index in [1.807, 2.05) is 24.3 Å². The van der Waals surface area contributed by atoms with E-state index in [1.165, 1.54) is 5.39 Å². The topological polar surface area (TPSA) is 34.4 Å². The van der Waals surface area contributed by atoms with Crippen molar-refractivity contribution in [3.8, 4) is 0 Å². The lowest BCUT2D eigenvalue weighted by Crippen LogP contribution is -2.40. The largest absolute Gasteiger partial charge is 0.456 e. The molecule has 3 nitrogen and oxygen atoms in total. The number of rotatable bonds is 2. The summed E-state index contributed by atoms with van der Waals surface area (Å²) in [6, 6.07) is 14.8.